The number of carbonyl (C=O) groups excluding carboxylic acids is 2. The minimum atomic E-state index is -0.712. The van der Waals surface area contributed by atoms with E-state index in [0.717, 1.165) is 0 Å². The smallest absolute Gasteiger partial charge is 0.416 e. The topological polar surface area (TPSA) is 55.8 Å². The molecule has 0 saturated heterocycles. The van der Waals surface area contributed by atoms with Gasteiger partial charge < -0.3 is 9.47 Å². The molecule has 0 spiro atoms. The third kappa shape index (κ3) is 3.54. The normalized spacial score (nSPS) is 22.1. The van der Waals surface area contributed by atoms with Crippen LogP contribution in [0.3, 0.4) is 0 Å². The molecule has 0 aromatic heterocycles. The number of thioether (sulfide) groups is 1. The fourth-order valence-electron chi connectivity index (χ4n) is 1.36. The summed E-state index contributed by atoms with van der Waals surface area (Å²) in [6, 6.07) is 0. The number of ether oxygens (including phenoxy) is 2. The lowest BCUT2D eigenvalue weighted by molar-refractivity contribution is -0.145. The third-order valence-corrected chi connectivity index (χ3v) is 3.47. The van der Waals surface area contributed by atoms with E-state index in [0.29, 0.717) is 0 Å². The molecule has 96 valence electrons. The maximum atomic E-state index is 11.7. The molecule has 0 aliphatic carbocycles. The molecular formula is C10H14ClNO4S. The number of methoxy groups -OCH3 is 1. The molecule has 0 saturated carbocycles. The number of hydrogen-bond acceptors (Lipinski definition) is 5. The van der Waals surface area contributed by atoms with E-state index in [1.807, 2.05) is 0 Å². The zero-order valence-electron chi connectivity index (χ0n) is 9.75. The first-order valence-corrected chi connectivity index (χ1v) is 6.38. The second-order valence-electron chi connectivity index (χ2n) is 3.46. The van der Waals surface area contributed by atoms with Gasteiger partial charge in [0.15, 0.2) is 5.56 Å². The zero-order valence-corrected chi connectivity index (χ0v) is 11.3. The molecule has 5 nitrogen and oxygen atoms in total. The molecule has 17 heavy (non-hydrogen) atoms. The van der Waals surface area contributed by atoms with Crippen molar-refractivity contribution in [1.82, 2.24) is 4.90 Å². The quantitative estimate of drug-likeness (QED) is 0.586. The van der Waals surface area contributed by atoms with Gasteiger partial charge in [0.05, 0.1) is 13.0 Å². The van der Waals surface area contributed by atoms with Gasteiger partial charge in [0, 0.05) is 6.20 Å². The van der Waals surface area contributed by atoms with Crippen molar-refractivity contribution in [3.8, 4) is 0 Å². The van der Waals surface area contributed by atoms with E-state index in [9.17, 15) is 9.59 Å². The zero-order chi connectivity index (χ0) is 13.0. The lowest BCUT2D eigenvalue weighted by atomic mass is 10.2. The second kappa shape index (κ2) is 6.16. The number of nitrogens with zero attached hydrogens (tertiary/aromatic N) is 1. The maximum Gasteiger partial charge on any atom is 0.416 e. The predicted octanol–water partition coefficient (Wildman–Crippen LogP) is 2.36. The van der Waals surface area contributed by atoms with Gasteiger partial charge >= 0.3 is 12.1 Å². The molecule has 1 aliphatic heterocycles. The number of alkyl halides is 1. The number of amides is 1. The molecule has 0 N–H and O–H groups in total. The molecule has 0 aromatic carbocycles. The highest BCUT2D eigenvalue weighted by Gasteiger charge is 2.35. The summed E-state index contributed by atoms with van der Waals surface area (Å²) >= 11 is 6.93. The second-order valence-corrected chi connectivity index (χ2v) is 5.10. The molecule has 0 aromatic rings. The van der Waals surface area contributed by atoms with Crippen molar-refractivity contribution >= 4 is 35.4 Å². The standard InChI is InChI=1S/C10H14ClNO4S/c1-6(9(13)15-3)8-12(4-5-17-8)10(14)16-7(2)11/h4-8H,1-3H3. The van der Waals surface area contributed by atoms with E-state index < -0.39 is 17.6 Å². The molecule has 0 bridgehead atoms. The highest BCUT2D eigenvalue weighted by molar-refractivity contribution is 8.02. The number of esters is 1. The van der Waals surface area contributed by atoms with Crippen LogP contribution in [0.5, 0.6) is 0 Å². The monoisotopic (exact) mass is 279 g/mol. The molecule has 0 radical (unpaired) electrons. The first-order valence-electron chi connectivity index (χ1n) is 5.00. The van der Waals surface area contributed by atoms with Gasteiger partial charge in [-0.05, 0) is 19.3 Å². The van der Waals surface area contributed by atoms with Crippen molar-refractivity contribution in [2.24, 2.45) is 5.92 Å². The Labute approximate surface area is 109 Å². The number of carbonyl (C=O) groups is 2. The molecule has 1 heterocycles. The van der Waals surface area contributed by atoms with Crippen LogP contribution in [0.4, 0.5) is 4.79 Å². The Kier molecular flexibility index (Phi) is 5.14. The summed E-state index contributed by atoms with van der Waals surface area (Å²) in [4.78, 5) is 24.4. The number of hydrogen-bond donors (Lipinski definition) is 0. The molecule has 1 aliphatic rings. The summed E-state index contributed by atoms with van der Waals surface area (Å²) < 4.78 is 9.51. The predicted molar refractivity (Wildman–Crippen MR) is 65.3 cm³/mol. The third-order valence-electron chi connectivity index (χ3n) is 2.19. The van der Waals surface area contributed by atoms with E-state index in [4.69, 9.17) is 16.3 Å². The Morgan fingerprint density at radius 1 is 1.47 bits per heavy atom. The van der Waals surface area contributed by atoms with Crippen molar-refractivity contribution in [2.45, 2.75) is 24.8 Å². The fourth-order valence-corrected chi connectivity index (χ4v) is 2.43. The maximum absolute atomic E-state index is 11.7. The molecule has 3 atom stereocenters. The van der Waals surface area contributed by atoms with E-state index in [1.54, 1.807) is 25.5 Å². The number of halogens is 1. The summed E-state index contributed by atoms with van der Waals surface area (Å²) in [5, 5.41) is 1.37. The van der Waals surface area contributed by atoms with Crippen LogP contribution in [-0.2, 0) is 14.3 Å². The van der Waals surface area contributed by atoms with Crippen molar-refractivity contribution < 1.29 is 19.1 Å². The first-order chi connectivity index (χ1) is 7.97. The van der Waals surface area contributed by atoms with Crippen LogP contribution in [-0.4, -0.2) is 35.0 Å². The molecule has 0 fully saturated rings. The summed E-state index contributed by atoms with van der Waals surface area (Å²) in [5.74, 6) is -0.818. The largest absolute Gasteiger partial charge is 0.469 e. The van der Waals surface area contributed by atoms with Crippen molar-refractivity contribution in [3.05, 3.63) is 11.6 Å². The lowest BCUT2D eigenvalue weighted by Gasteiger charge is -2.26. The van der Waals surface area contributed by atoms with Crippen LogP contribution in [0.1, 0.15) is 13.8 Å². The average molecular weight is 280 g/mol. The van der Waals surface area contributed by atoms with Crippen LogP contribution in [0, 0.1) is 5.92 Å². The molecular weight excluding hydrogens is 266 g/mol. The Morgan fingerprint density at radius 2 is 2.12 bits per heavy atom. The van der Waals surface area contributed by atoms with Gasteiger partial charge in [0.1, 0.15) is 5.37 Å². The van der Waals surface area contributed by atoms with Gasteiger partial charge in [-0.25, -0.2) is 4.79 Å². The van der Waals surface area contributed by atoms with Crippen LogP contribution in [0.25, 0.3) is 0 Å². The number of rotatable bonds is 3. The van der Waals surface area contributed by atoms with Crippen molar-refractivity contribution in [3.63, 3.8) is 0 Å². The minimum Gasteiger partial charge on any atom is -0.469 e. The summed E-state index contributed by atoms with van der Waals surface area (Å²) in [5.41, 5.74) is -0.712. The van der Waals surface area contributed by atoms with Gasteiger partial charge in [-0.15, -0.1) is 11.8 Å². The van der Waals surface area contributed by atoms with Gasteiger partial charge in [0.25, 0.3) is 0 Å². The van der Waals surface area contributed by atoms with Crippen LogP contribution in [0.15, 0.2) is 11.6 Å². The van der Waals surface area contributed by atoms with Crippen molar-refractivity contribution in [2.75, 3.05) is 7.11 Å². The van der Waals surface area contributed by atoms with Crippen molar-refractivity contribution in [1.29, 1.82) is 0 Å². The van der Waals surface area contributed by atoms with Gasteiger partial charge in [0.2, 0.25) is 0 Å². The van der Waals surface area contributed by atoms with E-state index in [1.165, 1.54) is 23.8 Å². The van der Waals surface area contributed by atoms with Gasteiger partial charge in [-0.3, -0.25) is 9.69 Å². The molecule has 1 amide bonds. The molecule has 7 heteroatoms. The van der Waals surface area contributed by atoms with E-state index in [2.05, 4.69) is 4.74 Å². The highest BCUT2D eigenvalue weighted by atomic mass is 35.5. The minimum absolute atomic E-state index is 0.356. The lowest BCUT2D eigenvalue weighted by Crippen LogP contribution is -2.39. The van der Waals surface area contributed by atoms with Gasteiger partial charge in [-0.2, -0.15) is 0 Å². The van der Waals surface area contributed by atoms with Crippen LogP contribution >= 0.6 is 23.4 Å². The Balaban J connectivity index is 2.68. The Hall–Kier alpha value is -0.880. The average Bonchev–Trinajstić information content (AvgIpc) is 2.74. The van der Waals surface area contributed by atoms with E-state index in [-0.39, 0.29) is 11.3 Å². The first kappa shape index (κ1) is 14.2. The fraction of sp³-hybridized carbons (Fsp3) is 0.600. The van der Waals surface area contributed by atoms with Crippen LogP contribution in [0.2, 0.25) is 0 Å². The summed E-state index contributed by atoms with van der Waals surface area (Å²) in [7, 11) is 1.31. The SMILES string of the molecule is COC(=O)C(C)C1SC=CN1C(=O)OC(C)Cl. The molecule has 3 unspecified atom stereocenters. The molecule has 1 rings (SSSR count). The van der Waals surface area contributed by atoms with Crippen LogP contribution < -0.4 is 0 Å². The Morgan fingerprint density at radius 3 is 2.65 bits per heavy atom. The summed E-state index contributed by atoms with van der Waals surface area (Å²) in [6.07, 6.45) is 0.991. The van der Waals surface area contributed by atoms with E-state index >= 15 is 0 Å². The van der Waals surface area contributed by atoms with Gasteiger partial charge in [-0.1, -0.05) is 11.6 Å². The summed E-state index contributed by atoms with van der Waals surface area (Å²) in [6.45, 7) is 3.24. The highest BCUT2D eigenvalue weighted by Crippen LogP contribution is 2.32. The Bertz CT molecular complexity index is 334.